The number of nitrogen functional groups attached to an aromatic ring is 1. The SMILES string of the molecule is COc1ccccc1N(C(=O)c1snc(C(N)=O)c1N)[C@@H](C(=O)NC1CCCCC1)c1ccco1. The molecule has 1 saturated carbocycles. The van der Waals surface area contributed by atoms with Gasteiger partial charge in [-0.05, 0) is 48.6 Å². The normalized spacial score (nSPS) is 14.8. The third-order valence-corrected chi connectivity index (χ3v) is 6.84. The summed E-state index contributed by atoms with van der Waals surface area (Å²) in [6, 6.07) is 8.92. The maximum Gasteiger partial charge on any atom is 0.273 e. The highest BCUT2D eigenvalue weighted by Gasteiger charge is 2.39. The predicted molar refractivity (Wildman–Crippen MR) is 131 cm³/mol. The van der Waals surface area contributed by atoms with E-state index < -0.39 is 23.8 Å². The molecule has 0 spiro atoms. The molecule has 1 aromatic carbocycles. The number of amides is 3. The summed E-state index contributed by atoms with van der Waals surface area (Å²) in [5.41, 5.74) is 11.4. The van der Waals surface area contributed by atoms with Gasteiger partial charge < -0.3 is 25.9 Å². The molecule has 2 aromatic heterocycles. The largest absolute Gasteiger partial charge is 0.495 e. The molecule has 184 valence electrons. The fourth-order valence-corrected chi connectivity index (χ4v) is 5.02. The number of aromatic nitrogens is 1. The van der Waals surface area contributed by atoms with Crippen molar-refractivity contribution < 1.29 is 23.5 Å². The molecule has 5 N–H and O–H groups in total. The lowest BCUT2D eigenvalue weighted by Gasteiger charge is -2.32. The number of hydrogen-bond donors (Lipinski definition) is 3. The summed E-state index contributed by atoms with van der Waals surface area (Å²) in [6.45, 7) is 0. The first kappa shape index (κ1) is 24.3. The Morgan fingerprint density at radius 3 is 2.54 bits per heavy atom. The van der Waals surface area contributed by atoms with Crippen molar-refractivity contribution >= 4 is 40.6 Å². The molecule has 0 unspecified atom stereocenters. The first-order valence-corrected chi connectivity index (χ1v) is 12.0. The van der Waals surface area contributed by atoms with Crippen LogP contribution >= 0.6 is 11.5 Å². The standard InChI is InChI=1S/C24H27N5O5S/c1-33-16-11-6-5-10-15(16)29(24(32)21-18(25)19(22(26)30)28-35-21)20(17-12-7-13-34-17)23(31)27-14-8-3-2-4-9-14/h5-7,10-14,20H,2-4,8-9,25H2,1H3,(H2,26,30)(H,27,31)/t20-/m1/s1. The average Bonchev–Trinajstić information content (AvgIpc) is 3.52. The highest BCUT2D eigenvalue weighted by Crippen LogP contribution is 2.38. The second-order valence-electron chi connectivity index (χ2n) is 8.25. The molecule has 1 aliphatic rings. The zero-order valence-corrected chi connectivity index (χ0v) is 20.0. The molecule has 1 fully saturated rings. The highest BCUT2D eigenvalue weighted by molar-refractivity contribution is 7.09. The number of carbonyl (C=O) groups is 3. The van der Waals surface area contributed by atoms with Gasteiger partial charge in [-0.3, -0.25) is 19.3 Å². The number of ether oxygens (including phenoxy) is 1. The number of hydrogen-bond acceptors (Lipinski definition) is 8. The van der Waals surface area contributed by atoms with E-state index in [2.05, 4.69) is 9.69 Å². The van der Waals surface area contributed by atoms with Crippen molar-refractivity contribution in [3.8, 4) is 5.75 Å². The Kier molecular flexibility index (Phi) is 7.35. The van der Waals surface area contributed by atoms with Crippen LogP contribution in [0.3, 0.4) is 0 Å². The molecule has 3 amide bonds. The number of nitrogens with zero attached hydrogens (tertiary/aromatic N) is 2. The van der Waals surface area contributed by atoms with Gasteiger partial charge in [-0.1, -0.05) is 31.4 Å². The Balaban J connectivity index is 1.83. The lowest BCUT2D eigenvalue weighted by atomic mass is 9.95. The number of primary amides is 1. The van der Waals surface area contributed by atoms with Gasteiger partial charge in [0.15, 0.2) is 11.7 Å². The molecule has 1 atom stereocenters. The number of carbonyl (C=O) groups excluding carboxylic acids is 3. The summed E-state index contributed by atoms with van der Waals surface area (Å²) in [5, 5.41) is 3.09. The van der Waals surface area contributed by atoms with Crippen molar-refractivity contribution in [2.45, 2.75) is 44.2 Å². The second-order valence-corrected chi connectivity index (χ2v) is 9.02. The molecular weight excluding hydrogens is 470 g/mol. The van der Waals surface area contributed by atoms with E-state index in [0.717, 1.165) is 43.6 Å². The average molecular weight is 498 g/mol. The van der Waals surface area contributed by atoms with Gasteiger partial charge in [0, 0.05) is 6.04 Å². The molecule has 0 bridgehead atoms. The van der Waals surface area contributed by atoms with Crippen molar-refractivity contribution in [2.75, 3.05) is 17.7 Å². The fourth-order valence-electron chi connectivity index (χ4n) is 4.28. The quantitative estimate of drug-likeness (QED) is 0.431. The number of para-hydroxylation sites is 2. The van der Waals surface area contributed by atoms with Crippen molar-refractivity contribution in [1.82, 2.24) is 9.69 Å². The van der Waals surface area contributed by atoms with Crippen LogP contribution in [0, 0.1) is 0 Å². The van der Waals surface area contributed by atoms with Gasteiger partial charge in [-0.15, -0.1) is 0 Å². The molecule has 10 nitrogen and oxygen atoms in total. The van der Waals surface area contributed by atoms with Crippen molar-refractivity contribution in [1.29, 1.82) is 0 Å². The zero-order chi connectivity index (χ0) is 24.9. The van der Waals surface area contributed by atoms with E-state index in [9.17, 15) is 14.4 Å². The predicted octanol–water partition coefficient (Wildman–Crippen LogP) is 3.26. The molecular formula is C24H27N5O5S. The van der Waals surface area contributed by atoms with Gasteiger partial charge in [0.05, 0.1) is 24.7 Å². The van der Waals surface area contributed by atoms with Crippen LogP contribution in [0.1, 0.15) is 64.1 Å². The smallest absolute Gasteiger partial charge is 0.273 e. The van der Waals surface area contributed by atoms with Gasteiger partial charge in [0.25, 0.3) is 17.7 Å². The van der Waals surface area contributed by atoms with Crippen LogP contribution in [0.5, 0.6) is 5.75 Å². The lowest BCUT2D eigenvalue weighted by Crippen LogP contribution is -2.47. The van der Waals surface area contributed by atoms with Crippen LogP contribution in [-0.4, -0.2) is 35.2 Å². The molecule has 2 heterocycles. The first-order chi connectivity index (χ1) is 16.9. The Morgan fingerprint density at radius 2 is 1.91 bits per heavy atom. The number of furan rings is 1. The fraction of sp³-hybridized carbons (Fsp3) is 0.333. The van der Waals surface area contributed by atoms with Gasteiger partial charge in [-0.25, -0.2) is 0 Å². The number of benzene rings is 1. The van der Waals surface area contributed by atoms with E-state index in [1.165, 1.54) is 18.3 Å². The van der Waals surface area contributed by atoms with Crippen LogP contribution in [0.2, 0.25) is 0 Å². The van der Waals surface area contributed by atoms with Crippen molar-refractivity contribution in [3.63, 3.8) is 0 Å². The summed E-state index contributed by atoms with van der Waals surface area (Å²) in [4.78, 5) is 40.7. The summed E-state index contributed by atoms with van der Waals surface area (Å²) in [5.74, 6) is -1.27. The molecule has 0 saturated heterocycles. The minimum absolute atomic E-state index is 0.00160. The maximum absolute atomic E-state index is 14.0. The van der Waals surface area contributed by atoms with E-state index in [1.54, 1.807) is 36.4 Å². The molecule has 3 aromatic rings. The molecule has 35 heavy (non-hydrogen) atoms. The second kappa shape index (κ2) is 10.6. The van der Waals surface area contributed by atoms with Crippen LogP contribution in [0.15, 0.2) is 47.1 Å². The van der Waals surface area contributed by atoms with Crippen LogP contribution in [0.25, 0.3) is 0 Å². The summed E-state index contributed by atoms with van der Waals surface area (Å²) in [7, 11) is 1.47. The highest BCUT2D eigenvalue weighted by atomic mass is 32.1. The van der Waals surface area contributed by atoms with Gasteiger partial charge in [-0.2, -0.15) is 4.37 Å². The molecule has 11 heteroatoms. The number of anilines is 2. The third-order valence-electron chi connectivity index (χ3n) is 5.99. The third kappa shape index (κ3) is 4.99. The van der Waals surface area contributed by atoms with E-state index in [4.69, 9.17) is 20.6 Å². The lowest BCUT2D eigenvalue weighted by molar-refractivity contribution is -0.123. The van der Waals surface area contributed by atoms with Crippen LogP contribution < -0.4 is 26.4 Å². The summed E-state index contributed by atoms with van der Waals surface area (Å²) < 4.78 is 15.1. The Morgan fingerprint density at radius 1 is 1.17 bits per heavy atom. The molecule has 4 rings (SSSR count). The molecule has 1 aliphatic carbocycles. The minimum atomic E-state index is -1.17. The monoisotopic (exact) mass is 497 g/mol. The van der Waals surface area contributed by atoms with Crippen LogP contribution in [0.4, 0.5) is 11.4 Å². The van der Waals surface area contributed by atoms with Crippen LogP contribution in [-0.2, 0) is 4.79 Å². The van der Waals surface area contributed by atoms with E-state index in [-0.39, 0.29) is 28.1 Å². The number of nitrogens with one attached hydrogen (secondary N) is 1. The Labute approximate surface area is 206 Å². The summed E-state index contributed by atoms with van der Waals surface area (Å²) >= 11 is 0.741. The number of rotatable bonds is 8. The van der Waals surface area contributed by atoms with Crippen molar-refractivity contribution in [3.05, 3.63) is 59.0 Å². The van der Waals surface area contributed by atoms with E-state index in [1.807, 2.05) is 0 Å². The summed E-state index contributed by atoms with van der Waals surface area (Å²) in [6.07, 6.45) is 6.35. The molecule has 0 aliphatic heterocycles. The van der Waals surface area contributed by atoms with Gasteiger partial charge >= 0.3 is 0 Å². The molecule has 0 radical (unpaired) electrons. The zero-order valence-electron chi connectivity index (χ0n) is 19.2. The van der Waals surface area contributed by atoms with E-state index in [0.29, 0.717) is 11.4 Å². The van der Waals surface area contributed by atoms with Crippen molar-refractivity contribution in [2.24, 2.45) is 5.73 Å². The van der Waals surface area contributed by atoms with E-state index >= 15 is 0 Å². The van der Waals surface area contributed by atoms with Gasteiger partial charge in [0.1, 0.15) is 16.4 Å². The topological polar surface area (TPSA) is 154 Å². The number of nitrogens with two attached hydrogens (primary N) is 2. The minimum Gasteiger partial charge on any atom is -0.495 e. The maximum atomic E-state index is 14.0. The Hall–Kier alpha value is -3.86. The first-order valence-electron chi connectivity index (χ1n) is 11.3. The Bertz CT molecular complexity index is 1200. The van der Waals surface area contributed by atoms with Gasteiger partial charge in [0.2, 0.25) is 0 Å². The number of methoxy groups -OCH3 is 1.